The van der Waals surface area contributed by atoms with Crippen LogP contribution >= 0.6 is 0 Å². The minimum absolute atomic E-state index is 0.0252. The van der Waals surface area contributed by atoms with E-state index in [1.165, 1.54) is 7.11 Å². The van der Waals surface area contributed by atoms with Gasteiger partial charge in [-0.1, -0.05) is 12.1 Å². The van der Waals surface area contributed by atoms with Crippen LogP contribution in [0, 0.1) is 13.8 Å². The Hall–Kier alpha value is -3.42. The van der Waals surface area contributed by atoms with E-state index in [0.29, 0.717) is 54.4 Å². The average Bonchev–Trinajstić information content (AvgIpc) is 2.72. The fraction of sp³-hybridized carbons (Fsp3) is 0.364. The predicted molar refractivity (Wildman–Crippen MR) is 110 cm³/mol. The van der Waals surface area contributed by atoms with Crippen molar-refractivity contribution in [3.05, 3.63) is 57.8 Å². The predicted octanol–water partition coefficient (Wildman–Crippen LogP) is 2.89. The van der Waals surface area contributed by atoms with E-state index in [4.69, 9.17) is 13.9 Å². The molecule has 30 heavy (non-hydrogen) atoms. The quantitative estimate of drug-likeness (QED) is 0.612. The van der Waals surface area contributed by atoms with Crippen molar-refractivity contribution in [2.75, 3.05) is 20.2 Å². The molecule has 0 spiro atoms. The normalized spacial score (nSPS) is 14.7. The van der Waals surface area contributed by atoms with Crippen LogP contribution in [0.5, 0.6) is 11.6 Å². The minimum Gasteiger partial charge on any atom is -0.493 e. The highest BCUT2D eigenvalue weighted by Gasteiger charge is 2.27. The van der Waals surface area contributed by atoms with Gasteiger partial charge in [-0.2, -0.15) is 4.98 Å². The van der Waals surface area contributed by atoms with Crippen molar-refractivity contribution < 1.29 is 18.7 Å². The molecule has 156 valence electrons. The van der Waals surface area contributed by atoms with Gasteiger partial charge in [0, 0.05) is 43.1 Å². The van der Waals surface area contributed by atoms with Gasteiger partial charge in [-0.3, -0.25) is 4.79 Å². The minimum atomic E-state index is -0.665. The topological polar surface area (TPSA) is 94.8 Å². The number of hydrogen-bond acceptors (Lipinski definition) is 7. The van der Waals surface area contributed by atoms with Crippen LogP contribution in [0.4, 0.5) is 0 Å². The molecule has 0 radical (unpaired) electrons. The summed E-state index contributed by atoms with van der Waals surface area (Å²) in [5.74, 6) is 1.34. The molecule has 1 saturated heterocycles. The third kappa shape index (κ3) is 3.98. The summed E-state index contributed by atoms with van der Waals surface area (Å²) in [4.78, 5) is 35.6. The smallest absolute Gasteiger partial charge is 0.349 e. The van der Waals surface area contributed by atoms with Crippen LogP contribution in [0.1, 0.15) is 34.7 Å². The summed E-state index contributed by atoms with van der Waals surface area (Å²) >= 11 is 0. The fourth-order valence-electron chi connectivity index (χ4n) is 3.69. The summed E-state index contributed by atoms with van der Waals surface area (Å²) in [5, 5.41) is 0.644. The van der Waals surface area contributed by atoms with E-state index in [9.17, 15) is 9.59 Å². The van der Waals surface area contributed by atoms with E-state index in [2.05, 4.69) is 9.97 Å². The Morgan fingerprint density at radius 3 is 2.63 bits per heavy atom. The van der Waals surface area contributed by atoms with Crippen LogP contribution in [0.25, 0.3) is 11.0 Å². The molecule has 0 N–H and O–H groups in total. The Balaban J connectivity index is 1.46. The highest BCUT2D eigenvalue weighted by atomic mass is 16.5. The lowest BCUT2D eigenvalue weighted by Gasteiger charge is -2.31. The average molecular weight is 409 g/mol. The van der Waals surface area contributed by atoms with Crippen LogP contribution in [0.3, 0.4) is 0 Å². The maximum absolute atomic E-state index is 12.9. The summed E-state index contributed by atoms with van der Waals surface area (Å²) in [6.07, 6.45) is 1.27. The number of fused-ring (bicyclic) bond motifs is 1. The molecule has 4 rings (SSSR count). The molecule has 0 saturated carbocycles. The number of aromatic nitrogens is 2. The monoisotopic (exact) mass is 409 g/mol. The molecule has 0 atom stereocenters. The first-order chi connectivity index (χ1) is 14.4. The van der Waals surface area contributed by atoms with Gasteiger partial charge in [0.2, 0.25) is 5.88 Å². The van der Waals surface area contributed by atoms with Gasteiger partial charge >= 0.3 is 5.63 Å². The number of amides is 1. The number of rotatable bonds is 4. The molecule has 2 aromatic heterocycles. The number of piperidine rings is 1. The Morgan fingerprint density at radius 1 is 1.17 bits per heavy atom. The standard InChI is InChI=1S/C22H23N3O5/c1-13-11-19(24-14(2)23-13)29-16-7-9-25(10-8-16)21(26)17-12-15-5-4-6-18(28-3)20(15)30-22(17)27/h4-6,11-12,16H,7-10H2,1-3H3. The van der Waals surface area contributed by atoms with E-state index >= 15 is 0 Å². The number of nitrogens with zero attached hydrogens (tertiary/aromatic N) is 3. The highest BCUT2D eigenvalue weighted by Crippen LogP contribution is 2.25. The van der Waals surface area contributed by atoms with Gasteiger partial charge in [0.25, 0.3) is 5.91 Å². The number of carbonyl (C=O) groups excluding carboxylic acids is 1. The van der Waals surface area contributed by atoms with Crippen molar-refractivity contribution in [1.82, 2.24) is 14.9 Å². The molecular weight excluding hydrogens is 386 g/mol. The van der Waals surface area contributed by atoms with E-state index < -0.39 is 5.63 Å². The zero-order valence-corrected chi connectivity index (χ0v) is 17.2. The van der Waals surface area contributed by atoms with Crippen LogP contribution in [-0.2, 0) is 0 Å². The number of carbonyl (C=O) groups is 1. The third-order valence-corrected chi connectivity index (χ3v) is 5.13. The van der Waals surface area contributed by atoms with Crippen molar-refractivity contribution in [2.24, 2.45) is 0 Å². The molecule has 3 heterocycles. The molecule has 8 nitrogen and oxygen atoms in total. The summed E-state index contributed by atoms with van der Waals surface area (Å²) in [6, 6.07) is 8.65. The SMILES string of the molecule is COc1cccc2cc(C(=O)N3CCC(Oc4cc(C)nc(C)n4)CC3)c(=O)oc12. The Morgan fingerprint density at radius 2 is 1.93 bits per heavy atom. The second-order valence-electron chi connectivity index (χ2n) is 7.33. The van der Waals surface area contributed by atoms with Crippen molar-refractivity contribution in [1.29, 1.82) is 0 Å². The molecule has 1 aliphatic heterocycles. The zero-order chi connectivity index (χ0) is 21.3. The van der Waals surface area contributed by atoms with Crippen molar-refractivity contribution in [3.63, 3.8) is 0 Å². The van der Waals surface area contributed by atoms with E-state index in [-0.39, 0.29) is 17.6 Å². The molecule has 8 heteroatoms. The Bertz CT molecular complexity index is 1130. The molecule has 1 amide bonds. The van der Waals surface area contributed by atoms with Gasteiger partial charge in [-0.05, 0) is 26.0 Å². The second-order valence-corrected chi connectivity index (χ2v) is 7.33. The third-order valence-electron chi connectivity index (χ3n) is 5.13. The summed E-state index contributed by atoms with van der Waals surface area (Å²) in [5.41, 5.74) is 0.549. The number of benzene rings is 1. The molecule has 1 fully saturated rings. The lowest BCUT2D eigenvalue weighted by molar-refractivity contribution is 0.0583. The first kappa shape index (κ1) is 19.9. The molecule has 1 aromatic carbocycles. The maximum atomic E-state index is 12.9. The first-order valence-corrected chi connectivity index (χ1v) is 9.83. The van der Waals surface area contributed by atoms with Crippen molar-refractivity contribution in [2.45, 2.75) is 32.8 Å². The molecular formula is C22H23N3O5. The summed E-state index contributed by atoms with van der Waals surface area (Å²) < 4.78 is 16.6. The van der Waals surface area contributed by atoms with Crippen LogP contribution in [-0.4, -0.2) is 47.1 Å². The Labute approximate surface area is 173 Å². The molecule has 3 aromatic rings. The van der Waals surface area contributed by atoms with E-state index in [1.54, 1.807) is 35.2 Å². The number of hydrogen-bond donors (Lipinski definition) is 0. The summed E-state index contributed by atoms with van der Waals surface area (Å²) in [6.45, 7) is 4.70. The maximum Gasteiger partial charge on any atom is 0.349 e. The number of aryl methyl sites for hydroxylation is 2. The molecule has 0 unspecified atom stereocenters. The van der Waals surface area contributed by atoms with Gasteiger partial charge in [-0.25, -0.2) is 9.78 Å². The van der Waals surface area contributed by atoms with Crippen LogP contribution in [0.15, 0.2) is 39.5 Å². The first-order valence-electron chi connectivity index (χ1n) is 9.83. The van der Waals surface area contributed by atoms with E-state index in [1.807, 2.05) is 13.8 Å². The molecule has 1 aliphatic rings. The van der Waals surface area contributed by atoms with Gasteiger partial charge in [0.05, 0.1) is 7.11 Å². The number of ether oxygens (including phenoxy) is 2. The van der Waals surface area contributed by atoms with Crippen molar-refractivity contribution in [3.8, 4) is 11.6 Å². The van der Waals surface area contributed by atoms with Crippen LogP contribution in [0.2, 0.25) is 0 Å². The lowest BCUT2D eigenvalue weighted by Crippen LogP contribution is -2.43. The highest BCUT2D eigenvalue weighted by molar-refractivity contribution is 5.97. The number of methoxy groups -OCH3 is 1. The second kappa shape index (κ2) is 8.14. The largest absolute Gasteiger partial charge is 0.493 e. The van der Waals surface area contributed by atoms with Gasteiger partial charge in [0.15, 0.2) is 11.3 Å². The van der Waals surface area contributed by atoms with Crippen molar-refractivity contribution >= 4 is 16.9 Å². The molecule has 0 aliphatic carbocycles. The van der Waals surface area contributed by atoms with Gasteiger partial charge < -0.3 is 18.8 Å². The fourth-order valence-corrected chi connectivity index (χ4v) is 3.69. The van der Waals surface area contributed by atoms with Gasteiger partial charge in [0.1, 0.15) is 17.5 Å². The van der Waals surface area contributed by atoms with Crippen LogP contribution < -0.4 is 15.1 Å². The molecule has 0 bridgehead atoms. The van der Waals surface area contributed by atoms with Gasteiger partial charge in [-0.15, -0.1) is 0 Å². The lowest BCUT2D eigenvalue weighted by atomic mass is 10.1. The Kier molecular flexibility index (Phi) is 5.39. The number of para-hydroxylation sites is 1. The number of likely N-dealkylation sites (tertiary alicyclic amines) is 1. The summed E-state index contributed by atoms with van der Waals surface area (Å²) in [7, 11) is 1.50. The zero-order valence-electron chi connectivity index (χ0n) is 17.2. The van der Waals surface area contributed by atoms with E-state index in [0.717, 1.165) is 5.69 Å².